The Bertz CT molecular complexity index is 578. The fourth-order valence-corrected chi connectivity index (χ4v) is 1.46. The summed E-state index contributed by atoms with van der Waals surface area (Å²) in [6.07, 6.45) is 3.23. The van der Waals surface area contributed by atoms with Crippen LogP contribution in [-0.4, -0.2) is 22.5 Å². The molecule has 0 amide bonds. The molecule has 19 heavy (non-hydrogen) atoms. The minimum Gasteiger partial charge on any atom is -0.435 e. The molecule has 1 heterocycles. The predicted molar refractivity (Wildman–Crippen MR) is 67.4 cm³/mol. The number of benzene rings is 1. The van der Waals surface area contributed by atoms with Crippen molar-refractivity contribution in [2.45, 2.75) is 13.5 Å². The second-order valence-corrected chi connectivity index (χ2v) is 3.78. The summed E-state index contributed by atoms with van der Waals surface area (Å²) in [5, 5.41) is 4.10. The van der Waals surface area contributed by atoms with Crippen LogP contribution in [0, 0.1) is 6.92 Å². The van der Waals surface area contributed by atoms with E-state index in [9.17, 15) is 8.78 Å². The van der Waals surface area contributed by atoms with Crippen LogP contribution in [0.25, 0.3) is 0 Å². The molecule has 1 aromatic heterocycles. The highest BCUT2D eigenvalue weighted by Gasteiger charge is 2.03. The van der Waals surface area contributed by atoms with E-state index in [1.807, 2.05) is 0 Å². The van der Waals surface area contributed by atoms with Gasteiger partial charge in [0, 0.05) is 0 Å². The minimum absolute atomic E-state index is 0.102. The summed E-state index contributed by atoms with van der Waals surface area (Å²) >= 11 is 0. The topological polar surface area (TPSA) is 65.4 Å². The molecule has 0 aliphatic rings. The van der Waals surface area contributed by atoms with Crippen LogP contribution in [0.15, 0.2) is 35.6 Å². The molecule has 2 N–H and O–H groups in total. The second-order valence-electron chi connectivity index (χ2n) is 3.78. The predicted octanol–water partition coefficient (Wildman–Crippen LogP) is 2.26. The van der Waals surface area contributed by atoms with Gasteiger partial charge in [-0.3, -0.25) is 0 Å². The number of ether oxygens (including phenoxy) is 1. The second kappa shape index (κ2) is 5.47. The summed E-state index contributed by atoms with van der Waals surface area (Å²) in [4.78, 5) is 3.99. The first-order chi connectivity index (χ1) is 9.04. The van der Waals surface area contributed by atoms with Crippen LogP contribution in [0.4, 0.5) is 14.7 Å². The fraction of sp³-hybridized carbons (Fsp3) is 0.167. The zero-order chi connectivity index (χ0) is 13.8. The van der Waals surface area contributed by atoms with Crippen molar-refractivity contribution >= 4 is 12.2 Å². The number of hydrogen-bond acceptors (Lipinski definition) is 4. The molecule has 0 aliphatic heterocycles. The molecule has 0 spiro atoms. The largest absolute Gasteiger partial charge is 0.435 e. The van der Waals surface area contributed by atoms with E-state index in [-0.39, 0.29) is 11.7 Å². The Morgan fingerprint density at radius 3 is 2.58 bits per heavy atom. The number of nitrogens with zero attached hydrogens (tertiary/aromatic N) is 3. The van der Waals surface area contributed by atoms with E-state index < -0.39 is 6.61 Å². The van der Waals surface area contributed by atoms with E-state index >= 15 is 0 Å². The number of hydrogen-bond donors (Lipinski definition) is 1. The summed E-state index contributed by atoms with van der Waals surface area (Å²) in [5.41, 5.74) is 7.11. The van der Waals surface area contributed by atoms with Crippen molar-refractivity contribution in [2.75, 3.05) is 5.73 Å². The average molecular weight is 266 g/mol. The number of nitrogen functional groups attached to an aromatic ring is 1. The van der Waals surface area contributed by atoms with Gasteiger partial charge in [-0.1, -0.05) is 0 Å². The molecule has 0 unspecified atom stereocenters. The van der Waals surface area contributed by atoms with E-state index in [0.29, 0.717) is 0 Å². The number of rotatable bonds is 4. The van der Waals surface area contributed by atoms with Crippen LogP contribution in [0.1, 0.15) is 11.3 Å². The molecule has 0 fully saturated rings. The highest BCUT2D eigenvalue weighted by molar-refractivity contribution is 5.79. The van der Waals surface area contributed by atoms with Crippen molar-refractivity contribution in [1.29, 1.82) is 0 Å². The molecule has 0 saturated heterocycles. The van der Waals surface area contributed by atoms with Crippen LogP contribution < -0.4 is 10.5 Å². The van der Waals surface area contributed by atoms with E-state index in [0.717, 1.165) is 11.3 Å². The third-order valence-electron chi connectivity index (χ3n) is 2.27. The number of aromatic nitrogens is 2. The molecule has 0 bridgehead atoms. The maximum absolute atomic E-state index is 12.0. The molecule has 5 nitrogen and oxygen atoms in total. The van der Waals surface area contributed by atoms with Gasteiger partial charge in [0.1, 0.15) is 5.75 Å². The Morgan fingerprint density at radius 2 is 2.05 bits per heavy atom. The van der Waals surface area contributed by atoms with Crippen molar-refractivity contribution < 1.29 is 13.5 Å². The lowest BCUT2D eigenvalue weighted by atomic mass is 10.2. The van der Waals surface area contributed by atoms with Crippen LogP contribution >= 0.6 is 0 Å². The first kappa shape index (κ1) is 13.0. The molecule has 2 aromatic rings. The number of alkyl halides is 2. The summed E-state index contributed by atoms with van der Waals surface area (Å²) < 4.78 is 29.6. The third kappa shape index (κ3) is 3.51. The normalized spacial score (nSPS) is 11.4. The molecule has 2 rings (SSSR count). The highest BCUT2D eigenvalue weighted by Crippen LogP contribution is 2.14. The van der Waals surface area contributed by atoms with E-state index in [2.05, 4.69) is 14.8 Å². The van der Waals surface area contributed by atoms with E-state index in [4.69, 9.17) is 5.73 Å². The summed E-state index contributed by atoms with van der Waals surface area (Å²) in [6.45, 7) is -1.02. The number of nitrogens with two attached hydrogens (primary N) is 1. The van der Waals surface area contributed by atoms with E-state index in [1.54, 1.807) is 31.5 Å². The van der Waals surface area contributed by atoms with Gasteiger partial charge in [0.2, 0.25) is 5.95 Å². The minimum atomic E-state index is -2.83. The number of halogens is 2. The first-order valence-corrected chi connectivity index (χ1v) is 5.45. The van der Waals surface area contributed by atoms with Gasteiger partial charge < -0.3 is 10.5 Å². The molecule has 1 aromatic carbocycles. The Hall–Kier alpha value is -2.44. The molecule has 0 radical (unpaired) electrons. The van der Waals surface area contributed by atoms with Gasteiger partial charge in [0.05, 0.1) is 18.1 Å². The van der Waals surface area contributed by atoms with Gasteiger partial charge in [-0.25, -0.2) is 9.66 Å². The molecule has 0 atom stereocenters. The van der Waals surface area contributed by atoms with Gasteiger partial charge in [0.15, 0.2) is 0 Å². The van der Waals surface area contributed by atoms with Crippen molar-refractivity contribution in [3.8, 4) is 5.75 Å². The summed E-state index contributed by atoms with van der Waals surface area (Å²) in [5.74, 6) is 0.386. The summed E-state index contributed by atoms with van der Waals surface area (Å²) in [7, 11) is 0. The zero-order valence-electron chi connectivity index (χ0n) is 10.1. The van der Waals surface area contributed by atoms with Gasteiger partial charge in [-0.05, 0) is 36.8 Å². The first-order valence-electron chi connectivity index (χ1n) is 5.45. The van der Waals surface area contributed by atoms with Gasteiger partial charge in [0.25, 0.3) is 0 Å². The Kier molecular flexibility index (Phi) is 3.74. The number of anilines is 1. The van der Waals surface area contributed by atoms with E-state index in [1.165, 1.54) is 16.8 Å². The maximum Gasteiger partial charge on any atom is 0.387 e. The lowest BCUT2D eigenvalue weighted by Gasteiger charge is -2.03. The molecule has 100 valence electrons. The van der Waals surface area contributed by atoms with Crippen molar-refractivity contribution in [3.05, 3.63) is 41.7 Å². The maximum atomic E-state index is 12.0. The number of aryl methyl sites for hydroxylation is 1. The van der Waals surface area contributed by atoms with Crippen LogP contribution in [0.3, 0.4) is 0 Å². The lowest BCUT2D eigenvalue weighted by Crippen LogP contribution is -2.01. The fourth-order valence-electron chi connectivity index (χ4n) is 1.46. The van der Waals surface area contributed by atoms with Crippen molar-refractivity contribution in [3.63, 3.8) is 0 Å². The Balaban J connectivity index is 2.09. The molecule has 7 heteroatoms. The quantitative estimate of drug-likeness (QED) is 0.863. The number of imidazole rings is 1. The highest BCUT2D eigenvalue weighted by atomic mass is 19.3. The van der Waals surface area contributed by atoms with Gasteiger partial charge in [-0.15, -0.1) is 0 Å². The zero-order valence-corrected chi connectivity index (χ0v) is 10.1. The average Bonchev–Trinajstić information content (AvgIpc) is 2.66. The molecular weight excluding hydrogens is 254 g/mol. The molecular formula is C12H12F2N4O. The lowest BCUT2D eigenvalue weighted by molar-refractivity contribution is -0.0498. The monoisotopic (exact) mass is 266 g/mol. The third-order valence-corrected chi connectivity index (χ3v) is 2.27. The standard InChI is InChI=1S/C12H12F2N4O/c1-8-7-18(12(15)17-8)16-6-9-2-4-10(5-3-9)19-11(13)14/h2-7,11H,1H3,(H2,15,17). The smallest absolute Gasteiger partial charge is 0.387 e. The van der Waals surface area contributed by atoms with Crippen LogP contribution in [0.2, 0.25) is 0 Å². The van der Waals surface area contributed by atoms with Gasteiger partial charge in [-0.2, -0.15) is 13.9 Å². The van der Waals surface area contributed by atoms with Crippen LogP contribution in [0.5, 0.6) is 5.75 Å². The summed E-state index contributed by atoms with van der Waals surface area (Å²) in [6, 6.07) is 6.11. The Morgan fingerprint density at radius 1 is 1.37 bits per heavy atom. The van der Waals surface area contributed by atoms with Crippen LogP contribution in [-0.2, 0) is 0 Å². The Labute approximate surface area is 108 Å². The van der Waals surface area contributed by atoms with Gasteiger partial charge >= 0.3 is 6.61 Å². The SMILES string of the molecule is Cc1cn(N=Cc2ccc(OC(F)F)cc2)c(N)n1. The molecule has 0 aliphatic carbocycles. The van der Waals surface area contributed by atoms with Crippen molar-refractivity contribution in [1.82, 2.24) is 9.66 Å². The van der Waals surface area contributed by atoms with Crippen molar-refractivity contribution in [2.24, 2.45) is 5.10 Å². The molecule has 0 saturated carbocycles.